The van der Waals surface area contributed by atoms with Crippen LogP contribution in [0.15, 0.2) is 23.2 Å². The van der Waals surface area contributed by atoms with Gasteiger partial charge in [0.2, 0.25) is 0 Å². The monoisotopic (exact) mass is 209 g/mol. The Labute approximate surface area is 76.8 Å². The van der Waals surface area contributed by atoms with Crippen LogP contribution >= 0.6 is 11.8 Å². The maximum atomic E-state index is 12.0. The van der Waals surface area contributed by atoms with Crippen molar-refractivity contribution < 1.29 is 18.3 Å². The maximum absolute atomic E-state index is 12.0. The second-order valence-corrected chi connectivity index (χ2v) is 3.17. The number of rotatable bonds is 2. The first-order valence-electron chi connectivity index (χ1n) is 3.31. The minimum atomic E-state index is -4.40. The molecule has 0 aliphatic rings. The molecule has 1 rings (SSSR count). The van der Waals surface area contributed by atoms with Crippen molar-refractivity contribution in [3.05, 3.63) is 24.0 Å². The topological polar surface area (TPSA) is 33.1 Å². The van der Waals surface area contributed by atoms with Gasteiger partial charge in [-0.05, 0) is 12.1 Å². The third-order valence-corrected chi connectivity index (χ3v) is 1.96. The summed E-state index contributed by atoms with van der Waals surface area (Å²) in [4.78, 5) is 3.72. The number of hydrogen-bond donors (Lipinski definition) is 1. The highest BCUT2D eigenvalue weighted by atomic mass is 32.2. The molecule has 1 aromatic heterocycles. The van der Waals surface area contributed by atoms with E-state index in [1.54, 1.807) is 0 Å². The molecule has 0 aliphatic heterocycles. The lowest BCUT2D eigenvalue weighted by atomic mass is 10.3. The van der Waals surface area contributed by atoms with Crippen molar-refractivity contribution in [3.8, 4) is 0 Å². The zero-order chi connectivity index (χ0) is 9.90. The fourth-order valence-corrected chi connectivity index (χ4v) is 1.15. The maximum Gasteiger partial charge on any atom is 0.433 e. The third kappa shape index (κ3) is 2.89. The van der Waals surface area contributed by atoms with Gasteiger partial charge in [0.05, 0.1) is 5.94 Å². The Bertz CT molecular complexity index is 272. The number of aliphatic hydroxyl groups is 1. The SMILES string of the molecule is OCSc1ccc(C(F)(F)F)nc1. The number of thioether (sulfide) groups is 1. The first kappa shape index (κ1) is 10.3. The van der Waals surface area contributed by atoms with Gasteiger partial charge in [-0.25, -0.2) is 0 Å². The van der Waals surface area contributed by atoms with E-state index in [9.17, 15) is 13.2 Å². The Morgan fingerprint density at radius 3 is 2.46 bits per heavy atom. The third-order valence-electron chi connectivity index (χ3n) is 1.26. The van der Waals surface area contributed by atoms with Crippen LogP contribution < -0.4 is 0 Å². The highest BCUT2D eigenvalue weighted by Gasteiger charge is 2.31. The van der Waals surface area contributed by atoms with Crippen molar-refractivity contribution in [2.75, 3.05) is 5.94 Å². The van der Waals surface area contributed by atoms with Crippen molar-refractivity contribution >= 4 is 11.8 Å². The van der Waals surface area contributed by atoms with E-state index in [-0.39, 0.29) is 5.94 Å². The summed E-state index contributed by atoms with van der Waals surface area (Å²) in [6, 6.07) is 2.16. The van der Waals surface area contributed by atoms with Crippen LogP contribution in [-0.4, -0.2) is 16.0 Å². The highest BCUT2D eigenvalue weighted by Crippen LogP contribution is 2.28. The van der Waals surface area contributed by atoms with E-state index < -0.39 is 11.9 Å². The molecule has 1 N–H and O–H groups in total. The molecule has 0 aliphatic carbocycles. The van der Waals surface area contributed by atoms with E-state index in [2.05, 4.69) is 4.98 Å². The quantitative estimate of drug-likeness (QED) is 0.598. The molecule has 0 fully saturated rings. The Balaban J connectivity index is 2.81. The number of aromatic nitrogens is 1. The van der Waals surface area contributed by atoms with Gasteiger partial charge in [0, 0.05) is 11.1 Å². The molecular weight excluding hydrogens is 203 g/mol. The number of pyridine rings is 1. The van der Waals surface area contributed by atoms with Gasteiger partial charge in [-0.2, -0.15) is 13.2 Å². The molecule has 0 bridgehead atoms. The summed E-state index contributed by atoms with van der Waals surface area (Å²) in [6.45, 7) is 0. The molecule has 0 saturated heterocycles. The predicted octanol–water partition coefficient (Wildman–Crippen LogP) is 2.14. The van der Waals surface area contributed by atoms with Gasteiger partial charge in [0.25, 0.3) is 0 Å². The Hall–Kier alpha value is -0.750. The minimum absolute atomic E-state index is 0.174. The van der Waals surface area contributed by atoms with Crippen molar-refractivity contribution in [2.24, 2.45) is 0 Å². The molecule has 2 nitrogen and oxygen atoms in total. The molecule has 0 aromatic carbocycles. The average molecular weight is 209 g/mol. The van der Waals surface area contributed by atoms with Gasteiger partial charge in [0.15, 0.2) is 0 Å². The summed E-state index contributed by atoms with van der Waals surface area (Å²) in [6.07, 6.45) is -3.31. The number of nitrogens with zero attached hydrogens (tertiary/aromatic N) is 1. The Kier molecular flexibility index (Phi) is 3.16. The molecule has 0 unspecified atom stereocenters. The van der Waals surface area contributed by atoms with Crippen LogP contribution in [-0.2, 0) is 6.18 Å². The molecule has 0 atom stereocenters. The summed E-state index contributed by atoms with van der Waals surface area (Å²) in [5.41, 5.74) is -0.921. The number of hydrogen-bond acceptors (Lipinski definition) is 3. The lowest BCUT2D eigenvalue weighted by molar-refractivity contribution is -0.141. The highest BCUT2D eigenvalue weighted by molar-refractivity contribution is 7.99. The smallest absolute Gasteiger partial charge is 0.385 e. The van der Waals surface area contributed by atoms with E-state index in [4.69, 9.17) is 5.11 Å². The molecule has 1 heterocycles. The average Bonchev–Trinajstić information content (AvgIpc) is 2.04. The summed E-state index contributed by atoms with van der Waals surface area (Å²) in [5, 5.41) is 8.46. The van der Waals surface area contributed by atoms with Crippen molar-refractivity contribution in [1.82, 2.24) is 4.98 Å². The van der Waals surface area contributed by atoms with Gasteiger partial charge in [0.1, 0.15) is 5.69 Å². The number of alkyl halides is 3. The fraction of sp³-hybridized carbons (Fsp3) is 0.286. The molecule has 6 heteroatoms. The van der Waals surface area contributed by atoms with Crippen LogP contribution in [0.5, 0.6) is 0 Å². The second kappa shape index (κ2) is 3.97. The molecule has 0 amide bonds. The second-order valence-electron chi connectivity index (χ2n) is 2.15. The van der Waals surface area contributed by atoms with E-state index in [1.165, 1.54) is 6.07 Å². The van der Waals surface area contributed by atoms with Gasteiger partial charge in [-0.15, -0.1) is 0 Å². The molecule has 0 radical (unpaired) electrons. The van der Waals surface area contributed by atoms with Crippen molar-refractivity contribution in [2.45, 2.75) is 11.1 Å². The predicted molar refractivity (Wildman–Crippen MR) is 42.2 cm³/mol. The number of halogens is 3. The van der Waals surface area contributed by atoms with Crippen LogP contribution in [0, 0.1) is 0 Å². The fourth-order valence-electron chi connectivity index (χ4n) is 0.708. The van der Waals surface area contributed by atoms with Crippen LogP contribution in [0.25, 0.3) is 0 Å². The molecule has 0 saturated carbocycles. The van der Waals surface area contributed by atoms with Gasteiger partial charge in [-0.1, -0.05) is 11.8 Å². The lowest BCUT2D eigenvalue weighted by Crippen LogP contribution is -2.07. The van der Waals surface area contributed by atoms with Gasteiger partial charge >= 0.3 is 6.18 Å². The Morgan fingerprint density at radius 1 is 1.38 bits per heavy atom. The minimum Gasteiger partial charge on any atom is -0.385 e. The normalized spacial score (nSPS) is 11.7. The first-order valence-corrected chi connectivity index (χ1v) is 4.29. The summed E-state index contributed by atoms with van der Waals surface area (Å²) in [5.74, 6) is -0.174. The zero-order valence-corrected chi connectivity index (χ0v) is 7.19. The number of aliphatic hydroxyl groups excluding tert-OH is 1. The standard InChI is InChI=1S/C7H6F3NOS/c8-7(9,10)6-2-1-5(3-11-6)13-4-12/h1-3,12H,4H2. The molecule has 72 valence electrons. The zero-order valence-electron chi connectivity index (χ0n) is 6.38. The Morgan fingerprint density at radius 2 is 2.08 bits per heavy atom. The van der Waals surface area contributed by atoms with Gasteiger partial charge < -0.3 is 5.11 Å². The van der Waals surface area contributed by atoms with E-state index in [0.717, 1.165) is 24.0 Å². The first-order chi connectivity index (χ1) is 6.04. The largest absolute Gasteiger partial charge is 0.433 e. The van der Waals surface area contributed by atoms with Crippen LogP contribution in [0.2, 0.25) is 0 Å². The van der Waals surface area contributed by atoms with Crippen molar-refractivity contribution in [1.29, 1.82) is 0 Å². The summed E-state index contributed by atoms with van der Waals surface area (Å²) < 4.78 is 36.0. The molecule has 1 aromatic rings. The summed E-state index contributed by atoms with van der Waals surface area (Å²) in [7, 11) is 0. The van der Waals surface area contributed by atoms with E-state index in [0.29, 0.717) is 4.90 Å². The summed E-state index contributed by atoms with van der Waals surface area (Å²) >= 11 is 1.02. The lowest BCUT2D eigenvalue weighted by Gasteiger charge is -2.05. The van der Waals surface area contributed by atoms with Crippen molar-refractivity contribution in [3.63, 3.8) is 0 Å². The molecule has 13 heavy (non-hydrogen) atoms. The van der Waals surface area contributed by atoms with Crippen LogP contribution in [0.1, 0.15) is 5.69 Å². The van der Waals surface area contributed by atoms with E-state index >= 15 is 0 Å². The molecule has 0 spiro atoms. The molecular formula is C7H6F3NOS. The van der Waals surface area contributed by atoms with Gasteiger partial charge in [-0.3, -0.25) is 4.98 Å². The van der Waals surface area contributed by atoms with Crippen LogP contribution in [0.3, 0.4) is 0 Å². The van der Waals surface area contributed by atoms with E-state index in [1.807, 2.05) is 0 Å². The van der Waals surface area contributed by atoms with Crippen LogP contribution in [0.4, 0.5) is 13.2 Å².